The maximum atomic E-state index is 13.0. The molecule has 10 nitrogen and oxygen atoms in total. The number of methoxy groups -OCH3 is 5. The Hall–Kier alpha value is -3.90. The third kappa shape index (κ3) is 6.90. The predicted molar refractivity (Wildman–Crippen MR) is 145 cm³/mol. The van der Waals surface area contributed by atoms with Crippen LogP contribution >= 0.6 is 0 Å². The molecule has 0 spiro atoms. The van der Waals surface area contributed by atoms with Gasteiger partial charge in [-0.05, 0) is 48.0 Å². The van der Waals surface area contributed by atoms with Crippen LogP contribution < -0.4 is 28.4 Å². The summed E-state index contributed by atoms with van der Waals surface area (Å²) >= 11 is 0. The van der Waals surface area contributed by atoms with Crippen LogP contribution in [0, 0.1) is 0 Å². The van der Waals surface area contributed by atoms with Gasteiger partial charge in [0.25, 0.3) is 10.0 Å². The highest BCUT2D eigenvalue weighted by molar-refractivity contribution is 7.93. The summed E-state index contributed by atoms with van der Waals surface area (Å²) in [7, 11) is -0.522. The zero-order valence-electron chi connectivity index (χ0n) is 21.5. The Morgan fingerprint density at radius 3 is 1.79 bits per heavy atom. The molecule has 1 N–H and O–H groups in total. The van der Waals surface area contributed by atoms with Crippen molar-refractivity contribution in [2.75, 3.05) is 40.3 Å². The number of anilines is 1. The standard InChI is InChI=1S/C26H29NO9S2/c1-32-19-7-9-21(10-8-19)38(30,31)27-23-14-18(6-11-24(23)34-3)17-37(28,29)13-12-22-25(35-4)15-20(33-2)16-26(22)36-5/h6-16,27H,17H2,1-5H3. The van der Waals surface area contributed by atoms with E-state index in [4.69, 9.17) is 23.7 Å². The topological polar surface area (TPSA) is 126 Å². The molecule has 3 aromatic carbocycles. The number of hydrogen-bond donors (Lipinski definition) is 1. The fourth-order valence-corrected chi connectivity index (χ4v) is 5.68. The summed E-state index contributed by atoms with van der Waals surface area (Å²) in [5.41, 5.74) is 0.858. The predicted octanol–water partition coefficient (Wildman–Crippen LogP) is 4.12. The van der Waals surface area contributed by atoms with Crippen molar-refractivity contribution < 1.29 is 40.5 Å². The molecule has 0 saturated heterocycles. The van der Waals surface area contributed by atoms with Gasteiger partial charge in [-0.1, -0.05) is 6.07 Å². The lowest BCUT2D eigenvalue weighted by Crippen LogP contribution is -2.14. The molecule has 0 unspecified atom stereocenters. The molecule has 0 aromatic heterocycles. The monoisotopic (exact) mass is 563 g/mol. The van der Waals surface area contributed by atoms with E-state index in [0.29, 0.717) is 34.1 Å². The summed E-state index contributed by atoms with van der Waals surface area (Å²) in [6, 6.07) is 13.5. The highest BCUT2D eigenvalue weighted by Crippen LogP contribution is 2.35. The third-order valence-corrected chi connectivity index (χ3v) is 8.11. The second-order valence-corrected chi connectivity index (χ2v) is 11.4. The summed E-state index contributed by atoms with van der Waals surface area (Å²) < 4.78 is 80.5. The Balaban J connectivity index is 1.88. The van der Waals surface area contributed by atoms with Gasteiger partial charge in [0.1, 0.15) is 28.7 Å². The molecular weight excluding hydrogens is 534 g/mol. The second kappa shape index (κ2) is 12.1. The Labute approximate surface area is 222 Å². The molecule has 204 valence electrons. The molecule has 12 heteroatoms. The molecule has 0 aliphatic carbocycles. The van der Waals surface area contributed by atoms with Crippen molar-refractivity contribution in [3.05, 3.63) is 71.1 Å². The van der Waals surface area contributed by atoms with Gasteiger partial charge in [0.15, 0.2) is 9.84 Å². The van der Waals surface area contributed by atoms with Gasteiger partial charge in [-0.3, -0.25) is 4.72 Å². The molecule has 3 aromatic rings. The fraction of sp³-hybridized carbons (Fsp3) is 0.231. The average Bonchev–Trinajstić information content (AvgIpc) is 2.91. The SMILES string of the molecule is COc1ccc(S(=O)(=O)Nc2cc(CS(=O)(=O)C=Cc3c(OC)cc(OC)cc3OC)ccc2OC)cc1. The first-order valence-electron chi connectivity index (χ1n) is 11.1. The van der Waals surface area contributed by atoms with Gasteiger partial charge in [0.2, 0.25) is 0 Å². The van der Waals surface area contributed by atoms with Crippen LogP contribution in [0.5, 0.6) is 28.7 Å². The van der Waals surface area contributed by atoms with Gasteiger partial charge in [-0.2, -0.15) is 0 Å². The molecule has 0 saturated carbocycles. The van der Waals surface area contributed by atoms with E-state index >= 15 is 0 Å². The summed E-state index contributed by atoms with van der Waals surface area (Å²) in [6.07, 6.45) is 1.38. The molecule has 0 aliphatic heterocycles. The summed E-state index contributed by atoms with van der Waals surface area (Å²) in [5.74, 6) is 1.56. The largest absolute Gasteiger partial charge is 0.497 e. The molecule has 0 fully saturated rings. The van der Waals surface area contributed by atoms with Crippen LogP contribution in [0.15, 0.2) is 64.9 Å². The zero-order valence-corrected chi connectivity index (χ0v) is 23.2. The van der Waals surface area contributed by atoms with E-state index in [9.17, 15) is 16.8 Å². The van der Waals surface area contributed by atoms with Crippen LogP contribution in [0.3, 0.4) is 0 Å². The summed E-state index contributed by atoms with van der Waals surface area (Å²) in [6.45, 7) is 0. The minimum Gasteiger partial charge on any atom is -0.497 e. The maximum absolute atomic E-state index is 13.0. The Morgan fingerprint density at radius 2 is 1.26 bits per heavy atom. The van der Waals surface area contributed by atoms with Crippen molar-refractivity contribution in [2.24, 2.45) is 0 Å². The smallest absolute Gasteiger partial charge is 0.262 e. The van der Waals surface area contributed by atoms with Crippen LogP contribution in [0.1, 0.15) is 11.1 Å². The average molecular weight is 564 g/mol. The van der Waals surface area contributed by atoms with Gasteiger partial charge in [0, 0.05) is 17.5 Å². The first kappa shape index (κ1) is 28.7. The molecule has 0 bridgehead atoms. The quantitative estimate of drug-likeness (QED) is 0.346. The van der Waals surface area contributed by atoms with Crippen molar-refractivity contribution in [1.82, 2.24) is 0 Å². The van der Waals surface area contributed by atoms with Crippen molar-refractivity contribution in [3.63, 3.8) is 0 Å². The number of sulfone groups is 1. The van der Waals surface area contributed by atoms with Gasteiger partial charge < -0.3 is 23.7 Å². The zero-order chi connectivity index (χ0) is 27.9. The van der Waals surface area contributed by atoms with Crippen molar-refractivity contribution in [2.45, 2.75) is 10.6 Å². The molecule has 3 rings (SSSR count). The van der Waals surface area contributed by atoms with E-state index in [0.717, 1.165) is 5.41 Å². The van der Waals surface area contributed by atoms with E-state index in [1.54, 1.807) is 18.2 Å². The van der Waals surface area contributed by atoms with E-state index < -0.39 is 25.6 Å². The Morgan fingerprint density at radius 1 is 0.684 bits per heavy atom. The van der Waals surface area contributed by atoms with E-state index in [1.165, 1.54) is 78.0 Å². The van der Waals surface area contributed by atoms with Crippen molar-refractivity contribution in [3.8, 4) is 28.7 Å². The van der Waals surface area contributed by atoms with Crippen molar-refractivity contribution in [1.29, 1.82) is 0 Å². The van der Waals surface area contributed by atoms with Crippen LogP contribution in [-0.4, -0.2) is 52.4 Å². The van der Waals surface area contributed by atoms with E-state index in [-0.39, 0.29) is 16.3 Å². The van der Waals surface area contributed by atoms with Crippen LogP contribution in [0.2, 0.25) is 0 Å². The normalized spacial score (nSPS) is 11.7. The lowest BCUT2D eigenvalue weighted by atomic mass is 10.1. The number of hydrogen-bond acceptors (Lipinski definition) is 9. The van der Waals surface area contributed by atoms with Crippen molar-refractivity contribution >= 4 is 31.6 Å². The summed E-state index contributed by atoms with van der Waals surface area (Å²) in [5, 5.41) is 1.05. The number of benzene rings is 3. The summed E-state index contributed by atoms with van der Waals surface area (Å²) in [4.78, 5) is 0.00342. The Bertz CT molecular complexity index is 1490. The maximum Gasteiger partial charge on any atom is 0.262 e. The number of ether oxygens (including phenoxy) is 5. The van der Waals surface area contributed by atoms with Crippen LogP contribution in [0.4, 0.5) is 5.69 Å². The molecular formula is C26H29NO9S2. The van der Waals surface area contributed by atoms with Crippen LogP contribution in [0.25, 0.3) is 6.08 Å². The second-order valence-electron chi connectivity index (χ2n) is 7.87. The lowest BCUT2D eigenvalue weighted by molar-refractivity contribution is 0.374. The first-order valence-corrected chi connectivity index (χ1v) is 14.3. The molecule has 38 heavy (non-hydrogen) atoms. The van der Waals surface area contributed by atoms with Gasteiger partial charge in [0.05, 0.1) is 57.4 Å². The van der Waals surface area contributed by atoms with Gasteiger partial charge >= 0.3 is 0 Å². The molecule has 0 aliphatic rings. The lowest BCUT2D eigenvalue weighted by Gasteiger charge is -2.14. The number of rotatable bonds is 12. The van der Waals surface area contributed by atoms with Gasteiger partial charge in [-0.25, -0.2) is 16.8 Å². The minimum absolute atomic E-state index is 0.00342. The molecule has 0 atom stereocenters. The van der Waals surface area contributed by atoms with E-state index in [2.05, 4.69) is 4.72 Å². The molecule has 0 amide bonds. The number of nitrogens with one attached hydrogen (secondary N) is 1. The highest BCUT2D eigenvalue weighted by atomic mass is 32.2. The fourth-order valence-electron chi connectivity index (χ4n) is 3.53. The molecule has 0 radical (unpaired) electrons. The third-order valence-electron chi connectivity index (χ3n) is 5.44. The van der Waals surface area contributed by atoms with Gasteiger partial charge in [-0.15, -0.1) is 0 Å². The minimum atomic E-state index is -3.99. The highest BCUT2D eigenvalue weighted by Gasteiger charge is 2.19. The van der Waals surface area contributed by atoms with E-state index in [1.807, 2.05) is 0 Å². The van der Waals surface area contributed by atoms with Crippen LogP contribution in [-0.2, 0) is 25.6 Å². The molecule has 0 heterocycles. The first-order chi connectivity index (χ1) is 18.0. The Kier molecular flexibility index (Phi) is 9.13. The number of sulfonamides is 1.